The molecule has 1 aliphatic rings. The first-order valence-corrected chi connectivity index (χ1v) is 6.96. The summed E-state index contributed by atoms with van der Waals surface area (Å²) in [5.74, 6) is 0. The largest absolute Gasteiger partial charge is 0.306 e. The van der Waals surface area contributed by atoms with Gasteiger partial charge in [-0.2, -0.15) is 0 Å². The highest BCUT2D eigenvalue weighted by Gasteiger charge is 2.07. The Morgan fingerprint density at radius 1 is 1.25 bits per heavy atom. The third-order valence-corrected chi connectivity index (χ3v) is 4.44. The van der Waals surface area contributed by atoms with Gasteiger partial charge in [0.2, 0.25) is 0 Å². The van der Waals surface area contributed by atoms with Gasteiger partial charge in [-0.05, 0) is 45.9 Å². The van der Waals surface area contributed by atoms with E-state index in [1.165, 1.54) is 44.1 Å². The normalized spacial score (nSPS) is 20.2. The van der Waals surface area contributed by atoms with Crippen molar-refractivity contribution in [2.45, 2.75) is 33.1 Å². The van der Waals surface area contributed by atoms with Crippen molar-refractivity contribution in [1.29, 1.82) is 0 Å². The number of rotatable bonds is 3. The summed E-state index contributed by atoms with van der Waals surface area (Å²) in [6.45, 7) is 7.15. The van der Waals surface area contributed by atoms with Gasteiger partial charge >= 0.3 is 0 Å². The summed E-state index contributed by atoms with van der Waals surface area (Å²) in [5.41, 5.74) is 3.99. The second kappa shape index (κ2) is 5.54. The van der Waals surface area contributed by atoms with Crippen molar-refractivity contribution >= 4 is 9.52 Å². The summed E-state index contributed by atoms with van der Waals surface area (Å²) in [4.78, 5) is 2.65. The van der Waals surface area contributed by atoms with Crippen LogP contribution in [0.25, 0.3) is 0 Å². The molecule has 0 aromatic carbocycles. The average Bonchev–Trinajstić information content (AvgIpc) is 2.05. The maximum Gasteiger partial charge on any atom is 0.0611 e. The molecule has 0 radical (unpaired) electrons. The molecule has 1 aliphatic heterocycles. The van der Waals surface area contributed by atoms with Crippen LogP contribution in [-0.2, 0) is 0 Å². The molecule has 0 amide bonds. The van der Waals surface area contributed by atoms with Crippen molar-refractivity contribution in [3.8, 4) is 0 Å². The van der Waals surface area contributed by atoms with Crippen LogP contribution in [0.15, 0.2) is 11.3 Å². The molecule has 0 N–H and O–H groups in total. The van der Waals surface area contributed by atoms with Crippen LogP contribution in [0.4, 0.5) is 0 Å². The Bertz CT molecular complexity index is 144. The van der Waals surface area contributed by atoms with Crippen molar-refractivity contribution in [3.63, 3.8) is 0 Å². The van der Waals surface area contributed by atoms with E-state index < -0.39 is 0 Å². The van der Waals surface area contributed by atoms with Gasteiger partial charge in [0.05, 0.1) is 9.52 Å². The summed E-state index contributed by atoms with van der Waals surface area (Å²) < 4.78 is 0. The standard InChI is InChI=1S/C10H21NSi/c1-10(2)8-12-9-11-6-4-3-5-7-11/h8H,3-7,9,12H2,1-2H3. The minimum Gasteiger partial charge on any atom is -0.306 e. The predicted molar refractivity (Wildman–Crippen MR) is 58.3 cm³/mol. The fourth-order valence-electron chi connectivity index (χ4n) is 1.72. The molecule has 0 aromatic heterocycles. The summed E-state index contributed by atoms with van der Waals surface area (Å²) in [5, 5.41) is 0. The molecule has 12 heavy (non-hydrogen) atoms. The Kier molecular flexibility index (Phi) is 4.62. The van der Waals surface area contributed by atoms with E-state index in [9.17, 15) is 0 Å². The number of hydrogen-bond acceptors (Lipinski definition) is 1. The first kappa shape index (κ1) is 10.0. The molecular weight excluding hydrogens is 162 g/mol. The molecule has 0 aliphatic carbocycles. The van der Waals surface area contributed by atoms with Gasteiger partial charge in [-0.15, -0.1) is 5.70 Å². The highest BCUT2D eigenvalue weighted by atomic mass is 28.2. The van der Waals surface area contributed by atoms with E-state index in [2.05, 4.69) is 24.4 Å². The Balaban J connectivity index is 2.09. The monoisotopic (exact) mass is 183 g/mol. The molecule has 1 fully saturated rings. The van der Waals surface area contributed by atoms with Gasteiger partial charge in [-0.3, -0.25) is 0 Å². The van der Waals surface area contributed by atoms with E-state index in [1.54, 1.807) is 0 Å². The molecule has 0 spiro atoms. The number of hydrogen-bond donors (Lipinski definition) is 0. The third-order valence-electron chi connectivity index (χ3n) is 2.45. The van der Waals surface area contributed by atoms with Gasteiger partial charge in [0.15, 0.2) is 0 Å². The lowest BCUT2D eigenvalue weighted by Crippen LogP contribution is -2.32. The molecular formula is C10H21NSi. The molecule has 1 rings (SSSR count). The lowest BCUT2D eigenvalue weighted by molar-refractivity contribution is 0.262. The maximum atomic E-state index is 2.65. The van der Waals surface area contributed by atoms with Crippen LogP contribution in [0.2, 0.25) is 0 Å². The Labute approximate surface area is 78.7 Å². The van der Waals surface area contributed by atoms with Crippen molar-refractivity contribution in [2.75, 3.05) is 19.3 Å². The lowest BCUT2D eigenvalue weighted by atomic mass is 10.1. The van der Waals surface area contributed by atoms with Crippen LogP contribution in [0, 0.1) is 0 Å². The van der Waals surface area contributed by atoms with Crippen molar-refractivity contribution in [3.05, 3.63) is 11.3 Å². The highest BCUT2D eigenvalue weighted by Crippen LogP contribution is 2.07. The topological polar surface area (TPSA) is 3.24 Å². The quantitative estimate of drug-likeness (QED) is 0.600. The van der Waals surface area contributed by atoms with Crippen molar-refractivity contribution in [1.82, 2.24) is 4.90 Å². The van der Waals surface area contributed by atoms with Gasteiger partial charge in [-0.25, -0.2) is 0 Å². The van der Waals surface area contributed by atoms with Crippen LogP contribution < -0.4 is 0 Å². The van der Waals surface area contributed by atoms with Crippen molar-refractivity contribution < 1.29 is 0 Å². The lowest BCUT2D eigenvalue weighted by Gasteiger charge is -2.25. The molecule has 0 unspecified atom stereocenters. The summed E-state index contributed by atoms with van der Waals surface area (Å²) in [6.07, 6.45) is 5.73. The molecule has 1 heterocycles. The summed E-state index contributed by atoms with van der Waals surface area (Å²) >= 11 is 0. The SMILES string of the molecule is CC(C)=C[SiH2]CN1CCCCC1. The predicted octanol–water partition coefficient (Wildman–Crippen LogP) is 1.52. The maximum absolute atomic E-state index is 2.65. The fraction of sp³-hybridized carbons (Fsp3) is 0.800. The van der Waals surface area contributed by atoms with Gasteiger partial charge < -0.3 is 4.90 Å². The van der Waals surface area contributed by atoms with Crippen LogP contribution >= 0.6 is 0 Å². The molecule has 1 nitrogen and oxygen atoms in total. The molecule has 0 aromatic rings. The number of likely N-dealkylation sites (tertiary alicyclic amines) is 1. The zero-order chi connectivity index (χ0) is 8.81. The van der Waals surface area contributed by atoms with Gasteiger partial charge in [-0.1, -0.05) is 12.0 Å². The summed E-state index contributed by atoms with van der Waals surface area (Å²) in [7, 11) is 0.0829. The molecule has 70 valence electrons. The summed E-state index contributed by atoms with van der Waals surface area (Å²) in [6, 6.07) is 0. The molecule has 0 saturated carbocycles. The molecule has 1 saturated heterocycles. The molecule has 0 bridgehead atoms. The Morgan fingerprint density at radius 2 is 1.92 bits per heavy atom. The minimum absolute atomic E-state index is 0.0829. The van der Waals surface area contributed by atoms with E-state index in [-0.39, 0.29) is 9.52 Å². The number of nitrogens with zero attached hydrogens (tertiary/aromatic N) is 1. The van der Waals surface area contributed by atoms with Gasteiger partial charge in [0.25, 0.3) is 0 Å². The van der Waals surface area contributed by atoms with E-state index >= 15 is 0 Å². The van der Waals surface area contributed by atoms with Crippen LogP contribution in [0.5, 0.6) is 0 Å². The van der Waals surface area contributed by atoms with Gasteiger partial charge in [0.1, 0.15) is 0 Å². The zero-order valence-electron chi connectivity index (χ0n) is 8.47. The Morgan fingerprint density at radius 3 is 2.50 bits per heavy atom. The smallest absolute Gasteiger partial charge is 0.0611 e. The third kappa shape index (κ3) is 4.07. The van der Waals surface area contributed by atoms with Crippen LogP contribution in [-0.4, -0.2) is 33.7 Å². The molecule has 0 atom stereocenters. The second-order valence-electron chi connectivity index (χ2n) is 3.97. The second-order valence-corrected chi connectivity index (χ2v) is 5.41. The average molecular weight is 183 g/mol. The van der Waals surface area contributed by atoms with E-state index in [1.807, 2.05) is 0 Å². The number of allylic oxidation sites excluding steroid dienone is 1. The first-order chi connectivity index (χ1) is 5.79. The molecule has 2 heteroatoms. The van der Waals surface area contributed by atoms with Gasteiger partial charge in [0, 0.05) is 0 Å². The van der Waals surface area contributed by atoms with Crippen LogP contribution in [0.1, 0.15) is 33.1 Å². The van der Waals surface area contributed by atoms with E-state index in [4.69, 9.17) is 0 Å². The van der Waals surface area contributed by atoms with E-state index in [0.717, 1.165) is 0 Å². The number of piperidine rings is 1. The highest BCUT2D eigenvalue weighted by molar-refractivity contribution is 6.42. The first-order valence-electron chi connectivity index (χ1n) is 5.15. The van der Waals surface area contributed by atoms with E-state index in [0.29, 0.717) is 0 Å². The van der Waals surface area contributed by atoms with Crippen LogP contribution in [0.3, 0.4) is 0 Å². The van der Waals surface area contributed by atoms with Crippen molar-refractivity contribution in [2.24, 2.45) is 0 Å². The Hall–Kier alpha value is -0.0831. The fourth-order valence-corrected chi connectivity index (χ4v) is 3.24. The zero-order valence-corrected chi connectivity index (χ0v) is 9.89. The minimum atomic E-state index is 0.0829.